The van der Waals surface area contributed by atoms with E-state index >= 15 is 0 Å². The zero-order chi connectivity index (χ0) is 19.6. The highest BCUT2D eigenvalue weighted by Crippen LogP contribution is 2.33. The van der Waals surface area contributed by atoms with Crippen LogP contribution in [0.25, 0.3) is 11.3 Å². The zero-order valence-corrected chi connectivity index (χ0v) is 15.0. The third kappa shape index (κ3) is 3.99. The van der Waals surface area contributed by atoms with Gasteiger partial charge in [-0.1, -0.05) is 29.3 Å². The van der Waals surface area contributed by atoms with Crippen LogP contribution in [0.2, 0.25) is 10.0 Å². The van der Waals surface area contributed by atoms with Gasteiger partial charge < -0.3 is 10.5 Å². The molecule has 1 heterocycles. The average molecular weight is 408 g/mol. The second kappa shape index (κ2) is 7.60. The standard InChI is InChI=1S/C16H11Cl2N5O4/c17-10-3-1-8(5-11(10)18)7-27-13-4-2-9(6-12(13)23(25)26)14-15(16(19)24)21-22-20-14/h1-6H,7H2,(H2,19,24)(H,20,21,22). The molecule has 0 aliphatic heterocycles. The molecule has 11 heteroatoms. The monoisotopic (exact) mass is 407 g/mol. The number of nitrogens with one attached hydrogen (secondary N) is 1. The molecular weight excluding hydrogens is 397 g/mol. The fraction of sp³-hybridized carbons (Fsp3) is 0.0625. The van der Waals surface area contributed by atoms with E-state index in [0.29, 0.717) is 21.2 Å². The van der Waals surface area contributed by atoms with Gasteiger partial charge in [-0.15, -0.1) is 0 Å². The fourth-order valence-electron chi connectivity index (χ4n) is 2.32. The Morgan fingerprint density at radius 1 is 1.19 bits per heavy atom. The number of carbonyl (C=O) groups excluding carboxylic acids is 1. The molecule has 138 valence electrons. The maximum Gasteiger partial charge on any atom is 0.311 e. The van der Waals surface area contributed by atoms with Crippen LogP contribution >= 0.6 is 23.2 Å². The van der Waals surface area contributed by atoms with Crippen molar-refractivity contribution in [1.82, 2.24) is 15.4 Å². The minimum absolute atomic E-state index is 0.0407. The molecule has 0 saturated heterocycles. The van der Waals surface area contributed by atoms with Gasteiger partial charge in [0.1, 0.15) is 12.3 Å². The molecule has 0 spiro atoms. The first-order valence-corrected chi connectivity index (χ1v) is 8.18. The van der Waals surface area contributed by atoms with E-state index in [1.165, 1.54) is 18.2 Å². The molecule has 0 atom stereocenters. The molecule has 0 aliphatic carbocycles. The largest absolute Gasteiger partial charge is 0.482 e. The van der Waals surface area contributed by atoms with Crippen LogP contribution in [0.5, 0.6) is 5.75 Å². The van der Waals surface area contributed by atoms with E-state index in [1.807, 2.05) is 0 Å². The number of H-pyrrole nitrogens is 1. The molecule has 1 amide bonds. The van der Waals surface area contributed by atoms with Gasteiger partial charge in [-0.05, 0) is 29.8 Å². The lowest BCUT2D eigenvalue weighted by Gasteiger charge is -2.09. The Labute approximate surface area is 162 Å². The molecule has 3 rings (SSSR count). The third-order valence-electron chi connectivity index (χ3n) is 3.59. The second-order valence-electron chi connectivity index (χ2n) is 5.36. The van der Waals surface area contributed by atoms with Crippen LogP contribution in [0.15, 0.2) is 36.4 Å². The van der Waals surface area contributed by atoms with E-state index in [1.54, 1.807) is 18.2 Å². The van der Waals surface area contributed by atoms with Crippen LogP contribution in [0.4, 0.5) is 5.69 Å². The number of hydrogen-bond acceptors (Lipinski definition) is 6. The number of amides is 1. The molecule has 0 saturated carbocycles. The van der Waals surface area contributed by atoms with Crippen LogP contribution in [0.1, 0.15) is 16.1 Å². The molecule has 0 radical (unpaired) electrons. The number of aromatic nitrogens is 3. The SMILES string of the molecule is NC(=O)c1n[nH]nc1-c1ccc(OCc2ccc(Cl)c(Cl)c2)c([N+](=O)[O-])c1. The van der Waals surface area contributed by atoms with Crippen LogP contribution in [0, 0.1) is 10.1 Å². The molecule has 27 heavy (non-hydrogen) atoms. The minimum atomic E-state index is -0.804. The van der Waals surface area contributed by atoms with Gasteiger partial charge in [0.15, 0.2) is 11.4 Å². The number of halogens is 2. The van der Waals surface area contributed by atoms with Crippen LogP contribution < -0.4 is 10.5 Å². The van der Waals surface area contributed by atoms with Crippen molar-refractivity contribution in [2.24, 2.45) is 5.73 Å². The maximum atomic E-state index is 11.4. The van der Waals surface area contributed by atoms with Gasteiger partial charge in [0, 0.05) is 11.6 Å². The molecule has 0 fully saturated rings. The Morgan fingerprint density at radius 2 is 1.96 bits per heavy atom. The first-order valence-electron chi connectivity index (χ1n) is 7.43. The number of nitro benzene ring substituents is 1. The van der Waals surface area contributed by atoms with Crippen molar-refractivity contribution in [2.75, 3.05) is 0 Å². The van der Waals surface area contributed by atoms with Crippen molar-refractivity contribution in [1.29, 1.82) is 0 Å². The molecule has 9 nitrogen and oxygen atoms in total. The highest BCUT2D eigenvalue weighted by Gasteiger charge is 2.21. The van der Waals surface area contributed by atoms with E-state index < -0.39 is 10.8 Å². The number of hydrogen-bond donors (Lipinski definition) is 2. The smallest absolute Gasteiger partial charge is 0.311 e. The molecule has 1 aromatic heterocycles. The third-order valence-corrected chi connectivity index (χ3v) is 4.33. The summed E-state index contributed by atoms with van der Waals surface area (Å²) in [5.74, 6) is -0.764. The lowest BCUT2D eigenvalue weighted by Crippen LogP contribution is -2.12. The summed E-state index contributed by atoms with van der Waals surface area (Å²) >= 11 is 11.8. The molecule has 0 aliphatic rings. The predicted octanol–water partition coefficient (Wildman–Crippen LogP) is 3.36. The van der Waals surface area contributed by atoms with E-state index in [9.17, 15) is 14.9 Å². The molecule has 3 aromatic rings. The van der Waals surface area contributed by atoms with E-state index in [2.05, 4.69) is 15.4 Å². The summed E-state index contributed by atoms with van der Waals surface area (Å²) in [5.41, 5.74) is 5.90. The Balaban J connectivity index is 1.90. The van der Waals surface area contributed by atoms with Crippen LogP contribution in [-0.4, -0.2) is 26.2 Å². The first-order chi connectivity index (χ1) is 12.9. The number of rotatable bonds is 6. The predicted molar refractivity (Wildman–Crippen MR) is 97.8 cm³/mol. The van der Waals surface area contributed by atoms with Crippen LogP contribution in [0.3, 0.4) is 0 Å². The van der Waals surface area contributed by atoms with Gasteiger partial charge in [0.25, 0.3) is 5.91 Å². The van der Waals surface area contributed by atoms with E-state index in [0.717, 1.165) is 0 Å². The van der Waals surface area contributed by atoms with Gasteiger partial charge >= 0.3 is 5.69 Å². The van der Waals surface area contributed by atoms with Crippen molar-refractivity contribution < 1.29 is 14.5 Å². The van der Waals surface area contributed by atoms with E-state index in [-0.39, 0.29) is 29.4 Å². The zero-order valence-electron chi connectivity index (χ0n) is 13.5. The molecule has 3 N–H and O–H groups in total. The van der Waals surface area contributed by atoms with Gasteiger partial charge in [-0.25, -0.2) is 0 Å². The highest BCUT2D eigenvalue weighted by molar-refractivity contribution is 6.42. The second-order valence-corrected chi connectivity index (χ2v) is 6.18. The minimum Gasteiger partial charge on any atom is -0.482 e. The summed E-state index contributed by atoms with van der Waals surface area (Å²) in [5, 5.41) is 21.9. The molecule has 0 unspecified atom stereocenters. The first kappa shape index (κ1) is 18.6. The van der Waals surface area contributed by atoms with E-state index in [4.69, 9.17) is 33.7 Å². The normalized spacial score (nSPS) is 10.6. The number of nitrogens with zero attached hydrogens (tertiary/aromatic N) is 3. The summed E-state index contributed by atoms with van der Waals surface area (Å²) in [6.45, 7) is 0.0492. The summed E-state index contributed by atoms with van der Waals surface area (Å²) in [7, 11) is 0. The Morgan fingerprint density at radius 3 is 2.63 bits per heavy atom. The quantitative estimate of drug-likeness (QED) is 0.474. The lowest BCUT2D eigenvalue weighted by molar-refractivity contribution is -0.385. The molecule has 0 bridgehead atoms. The lowest BCUT2D eigenvalue weighted by atomic mass is 10.1. The molecular formula is C16H11Cl2N5O4. The summed E-state index contributed by atoms with van der Waals surface area (Å²) in [4.78, 5) is 22.2. The number of benzene rings is 2. The number of aromatic amines is 1. The fourth-order valence-corrected chi connectivity index (χ4v) is 2.64. The van der Waals surface area contributed by atoms with Crippen molar-refractivity contribution in [3.63, 3.8) is 0 Å². The number of nitro groups is 1. The van der Waals surface area contributed by atoms with Gasteiger partial charge in [0.2, 0.25) is 0 Å². The van der Waals surface area contributed by atoms with Crippen LogP contribution in [-0.2, 0) is 6.61 Å². The topological polar surface area (TPSA) is 137 Å². The van der Waals surface area contributed by atoms with Gasteiger partial charge in [-0.3, -0.25) is 14.9 Å². The molecule has 2 aromatic carbocycles. The number of ether oxygens (including phenoxy) is 1. The number of carbonyl (C=O) groups is 1. The van der Waals surface area contributed by atoms with Gasteiger partial charge in [0.05, 0.1) is 15.0 Å². The number of nitrogens with two attached hydrogens (primary N) is 1. The van der Waals surface area contributed by atoms with Crippen molar-refractivity contribution in [3.05, 3.63) is 67.8 Å². The summed E-state index contributed by atoms with van der Waals surface area (Å²) in [6, 6.07) is 9.07. The maximum absolute atomic E-state index is 11.4. The van der Waals surface area contributed by atoms with Gasteiger partial charge in [-0.2, -0.15) is 15.4 Å². The summed E-state index contributed by atoms with van der Waals surface area (Å²) < 4.78 is 5.55. The van der Waals surface area contributed by atoms with Crippen molar-refractivity contribution in [2.45, 2.75) is 6.61 Å². The Kier molecular flexibility index (Phi) is 5.24. The average Bonchev–Trinajstić information content (AvgIpc) is 3.12. The Hall–Kier alpha value is -3.17. The number of primary amides is 1. The summed E-state index contributed by atoms with van der Waals surface area (Å²) in [6.07, 6.45) is 0. The Bertz CT molecular complexity index is 1040. The van der Waals surface area contributed by atoms with Crippen molar-refractivity contribution >= 4 is 34.8 Å². The van der Waals surface area contributed by atoms with Crippen molar-refractivity contribution in [3.8, 4) is 17.0 Å². The highest BCUT2D eigenvalue weighted by atomic mass is 35.5.